The predicted molar refractivity (Wildman–Crippen MR) is 70.1 cm³/mol. The maximum absolute atomic E-state index is 10.6. The molecule has 0 radical (unpaired) electrons. The second kappa shape index (κ2) is 5.11. The van der Waals surface area contributed by atoms with E-state index in [0.717, 1.165) is 12.8 Å². The minimum Gasteiger partial charge on any atom is -0.493 e. The standard InChI is InChI=1S/C13H14ClNO4/c1-17-9-6-8(14)10(12(19-3)11(9)18-2)13(4-5-13)15-7-16/h6H,4-5H2,1-3H3. The Balaban J connectivity index is 2.70. The van der Waals surface area contributed by atoms with E-state index in [1.54, 1.807) is 12.1 Å². The molecule has 0 N–H and O–H groups in total. The Labute approximate surface area is 116 Å². The van der Waals surface area contributed by atoms with E-state index in [1.807, 2.05) is 0 Å². The van der Waals surface area contributed by atoms with Gasteiger partial charge in [0.1, 0.15) is 5.54 Å². The molecule has 0 heterocycles. The highest BCUT2D eigenvalue weighted by Crippen LogP contribution is 2.58. The van der Waals surface area contributed by atoms with Gasteiger partial charge in [0.05, 0.1) is 26.4 Å². The van der Waals surface area contributed by atoms with Crippen LogP contribution in [-0.2, 0) is 10.3 Å². The molecular formula is C13H14ClNO4. The van der Waals surface area contributed by atoms with Gasteiger partial charge in [0.25, 0.3) is 0 Å². The highest BCUT2D eigenvalue weighted by Gasteiger charge is 2.49. The predicted octanol–water partition coefficient (Wildman–Crippen LogP) is 2.69. The first kappa shape index (κ1) is 13.7. The third-order valence-electron chi connectivity index (χ3n) is 3.23. The van der Waals surface area contributed by atoms with Crippen molar-refractivity contribution in [3.05, 3.63) is 16.7 Å². The molecule has 0 spiro atoms. The first-order valence-corrected chi connectivity index (χ1v) is 6.09. The largest absolute Gasteiger partial charge is 0.493 e. The summed E-state index contributed by atoms with van der Waals surface area (Å²) in [5, 5.41) is 0.436. The van der Waals surface area contributed by atoms with Crippen molar-refractivity contribution in [1.82, 2.24) is 0 Å². The van der Waals surface area contributed by atoms with E-state index in [2.05, 4.69) is 4.99 Å². The molecule has 19 heavy (non-hydrogen) atoms. The van der Waals surface area contributed by atoms with Crippen LogP contribution in [0.4, 0.5) is 0 Å². The van der Waals surface area contributed by atoms with E-state index in [4.69, 9.17) is 25.8 Å². The second-order valence-electron chi connectivity index (χ2n) is 4.24. The highest BCUT2D eigenvalue weighted by atomic mass is 35.5. The zero-order valence-electron chi connectivity index (χ0n) is 10.9. The van der Waals surface area contributed by atoms with Crippen molar-refractivity contribution < 1.29 is 19.0 Å². The summed E-state index contributed by atoms with van der Waals surface area (Å²) in [6.45, 7) is 0. The van der Waals surface area contributed by atoms with Crippen molar-refractivity contribution in [1.29, 1.82) is 0 Å². The van der Waals surface area contributed by atoms with Gasteiger partial charge in [0.2, 0.25) is 11.8 Å². The SMILES string of the molecule is COc1cc(Cl)c(C2(N=C=O)CC2)c(OC)c1OC. The van der Waals surface area contributed by atoms with Crippen molar-refractivity contribution in [2.75, 3.05) is 21.3 Å². The molecule has 0 bridgehead atoms. The molecule has 1 aromatic carbocycles. The molecule has 0 saturated heterocycles. The van der Waals surface area contributed by atoms with Gasteiger partial charge in [0.15, 0.2) is 11.5 Å². The topological polar surface area (TPSA) is 57.1 Å². The van der Waals surface area contributed by atoms with Gasteiger partial charge in [-0.2, -0.15) is 4.99 Å². The number of rotatable bonds is 5. The van der Waals surface area contributed by atoms with Crippen LogP contribution in [0.2, 0.25) is 5.02 Å². The molecule has 1 fully saturated rings. The first-order valence-electron chi connectivity index (χ1n) is 5.71. The van der Waals surface area contributed by atoms with Crippen molar-refractivity contribution in [2.24, 2.45) is 4.99 Å². The van der Waals surface area contributed by atoms with Crippen molar-refractivity contribution >= 4 is 17.7 Å². The van der Waals surface area contributed by atoms with Gasteiger partial charge < -0.3 is 14.2 Å². The summed E-state index contributed by atoms with van der Waals surface area (Å²) in [4.78, 5) is 14.5. The van der Waals surface area contributed by atoms with Gasteiger partial charge in [-0.1, -0.05) is 11.6 Å². The fourth-order valence-corrected chi connectivity index (χ4v) is 2.54. The van der Waals surface area contributed by atoms with Crippen molar-refractivity contribution in [3.63, 3.8) is 0 Å². The van der Waals surface area contributed by atoms with Crippen molar-refractivity contribution in [3.8, 4) is 17.2 Å². The Hall–Kier alpha value is -1.71. The van der Waals surface area contributed by atoms with Gasteiger partial charge in [-0.3, -0.25) is 0 Å². The average Bonchev–Trinajstić information content (AvgIpc) is 3.17. The van der Waals surface area contributed by atoms with E-state index >= 15 is 0 Å². The Morgan fingerprint density at radius 3 is 2.26 bits per heavy atom. The summed E-state index contributed by atoms with van der Waals surface area (Å²) >= 11 is 6.28. The van der Waals surface area contributed by atoms with E-state index in [9.17, 15) is 4.79 Å². The molecule has 0 unspecified atom stereocenters. The van der Waals surface area contributed by atoms with Gasteiger partial charge in [-0.05, 0) is 12.8 Å². The van der Waals surface area contributed by atoms with Gasteiger partial charge in [0, 0.05) is 11.6 Å². The summed E-state index contributed by atoms with van der Waals surface area (Å²) in [5.41, 5.74) is 0.0154. The number of carbonyl (C=O) groups excluding carboxylic acids is 1. The maximum Gasteiger partial charge on any atom is 0.235 e. The van der Waals surface area contributed by atoms with Crippen LogP contribution < -0.4 is 14.2 Å². The van der Waals surface area contributed by atoms with Gasteiger partial charge in [-0.15, -0.1) is 0 Å². The molecule has 2 rings (SSSR count). The van der Waals surface area contributed by atoms with Crippen LogP contribution in [0.1, 0.15) is 18.4 Å². The zero-order chi connectivity index (χ0) is 14.0. The maximum atomic E-state index is 10.6. The molecule has 6 heteroatoms. The van der Waals surface area contributed by atoms with Crippen LogP contribution in [0.3, 0.4) is 0 Å². The fraction of sp³-hybridized carbons (Fsp3) is 0.462. The van der Waals surface area contributed by atoms with E-state index < -0.39 is 5.54 Å². The van der Waals surface area contributed by atoms with Gasteiger partial charge >= 0.3 is 0 Å². The molecule has 1 aromatic rings. The lowest BCUT2D eigenvalue weighted by molar-refractivity contribution is 0.320. The lowest BCUT2D eigenvalue weighted by Gasteiger charge is -2.20. The van der Waals surface area contributed by atoms with E-state index in [1.165, 1.54) is 21.3 Å². The summed E-state index contributed by atoms with van der Waals surface area (Å²) in [6, 6.07) is 1.64. The molecular weight excluding hydrogens is 270 g/mol. The summed E-state index contributed by atoms with van der Waals surface area (Å²) in [5.74, 6) is 1.36. The number of halogens is 1. The average molecular weight is 284 g/mol. The molecule has 102 valence electrons. The van der Waals surface area contributed by atoms with Crippen LogP contribution in [-0.4, -0.2) is 27.4 Å². The number of aliphatic imine (C=N–C) groups is 1. The minimum atomic E-state index is -0.635. The molecule has 0 aliphatic heterocycles. The number of ether oxygens (including phenoxy) is 3. The molecule has 1 aliphatic rings. The number of methoxy groups -OCH3 is 3. The highest BCUT2D eigenvalue weighted by molar-refractivity contribution is 6.32. The molecule has 5 nitrogen and oxygen atoms in total. The van der Waals surface area contributed by atoms with E-state index in [-0.39, 0.29) is 0 Å². The van der Waals surface area contributed by atoms with Gasteiger partial charge in [-0.25, -0.2) is 4.79 Å². The Bertz CT molecular complexity index is 548. The lowest BCUT2D eigenvalue weighted by Crippen LogP contribution is -2.08. The normalized spacial score (nSPS) is 15.4. The zero-order valence-corrected chi connectivity index (χ0v) is 11.7. The third kappa shape index (κ3) is 2.15. The Morgan fingerprint density at radius 1 is 1.21 bits per heavy atom. The van der Waals surface area contributed by atoms with Crippen LogP contribution in [0.25, 0.3) is 0 Å². The van der Waals surface area contributed by atoms with Crippen LogP contribution >= 0.6 is 11.6 Å². The molecule has 0 amide bonds. The Kier molecular flexibility index (Phi) is 3.69. The summed E-state index contributed by atoms with van der Waals surface area (Å²) < 4.78 is 15.9. The Morgan fingerprint density at radius 2 is 1.84 bits per heavy atom. The number of isocyanates is 1. The van der Waals surface area contributed by atoms with Crippen LogP contribution in [0, 0.1) is 0 Å². The number of benzene rings is 1. The number of hydrogen-bond donors (Lipinski definition) is 0. The monoisotopic (exact) mass is 283 g/mol. The number of hydrogen-bond acceptors (Lipinski definition) is 5. The van der Waals surface area contributed by atoms with E-state index in [0.29, 0.717) is 27.8 Å². The minimum absolute atomic E-state index is 0.436. The number of nitrogens with zero attached hydrogens (tertiary/aromatic N) is 1. The molecule has 1 aliphatic carbocycles. The fourth-order valence-electron chi connectivity index (χ4n) is 2.18. The second-order valence-corrected chi connectivity index (χ2v) is 4.64. The summed E-state index contributed by atoms with van der Waals surface area (Å²) in [6.07, 6.45) is 3.06. The molecule has 0 atom stereocenters. The van der Waals surface area contributed by atoms with Crippen LogP contribution in [0.15, 0.2) is 11.1 Å². The van der Waals surface area contributed by atoms with Crippen LogP contribution in [0.5, 0.6) is 17.2 Å². The lowest BCUT2D eigenvalue weighted by atomic mass is 10.0. The third-order valence-corrected chi connectivity index (χ3v) is 3.53. The molecule has 1 saturated carbocycles. The van der Waals surface area contributed by atoms with Crippen molar-refractivity contribution in [2.45, 2.75) is 18.4 Å². The summed E-state index contributed by atoms with van der Waals surface area (Å²) in [7, 11) is 4.54. The quantitative estimate of drug-likeness (QED) is 0.616. The first-order chi connectivity index (χ1) is 9.13. The molecule has 0 aromatic heterocycles. The smallest absolute Gasteiger partial charge is 0.235 e.